The average molecular weight is 371 g/mol. The predicted octanol–water partition coefficient (Wildman–Crippen LogP) is 3.03. The molecule has 0 saturated carbocycles. The van der Waals surface area contributed by atoms with E-state index in [9.17, 15) is 9.18 Å². The van der Waals surface area contributed by atoms with Crippen LogP contribution in [-0.2, 0) is 6.54 Å². The lowest BCUT2D eigenvalue weighted by Crippen LogP contribution is -2.22. The molecule has 1 aromatic heterocycles. The van der Waals surface area contributed by atoms with Gasteiger partial charge in [-0.1, -0.05) is 6.07 Å². The van der Waals surface area contributed by atoms with Gasteiger partial charge in [-0.05, 0) is 42.5 Å². The smallest absolute Gasteiger partial charge is 0.251 e. The van der Waals surface area contributed by atoms with Crippen molar-refractivity contribution in [1.82, 2.24) is 15.1 Å². The second-order valence-corrected chi connectivity index (χ2v) is 6.72. The molecule has 7 heteroatoms. The molecule has 0 aliphatic heterocycles. The summed E-state index contributed by atoms with van der Waals surface area (Å²) in [4.78, 5) is 13.2. The third-order valence-corrected chi connectivity index (χ3v) is 4.63. The quantitative estimate of drug-likeness (QED) is 0.627. The van der Waals surface area contributed by atoms with E-state index in [1.165, 1.54) is 23.9 Å². The Morgan fingerprint density at radius 2 is 2.04 bits per heavy atom. The van der Waals surface area contributed by atoms with Gasteiger partial charge in [-0.15, -0.1) is 11.8 Å². The first-order valence-corrected chi connectivity index (χ1v) is 9.05. The van der Waals surface area contributed by atoms with Gasteiger partial charge in [0, 0.05) is 34.5 Å². The maximum absolute atomic E-state index is 13.3. The molecule has 2 N–H and O–H groups in total. The molecule has 0 saturated heterocycles. The first-order valence-electron chi connectivity index (χ1n) is 8.07. The van der Waals surface area contributed by atoms with Gasteiger partial charge < -0.3 is 10.4 Å². The topological polar surface area (TPSA) is 67.2 Å². The highest BCUT2D eigenvalue weighted by Gasteiger charge is 2.07. The number of thioether (sulfide) groups is 1. The summed E-state index contributed by atoms with van der Waals surface area (Å²) in [5.74, 6) is 0.122. The zero-order valence-corrected chi connectivity index (χ0v) is 14.7. The molecule has 0 spiro atoms. The number of amides is 1. The van der Waals surface area contributed by atoms with Crippen molar-refractivity contribution in [2.75, 3.05) is 12.4 Å². The number of aliphatic hydroxyl groups is 1. The maximum Gasteiger partial charge on any atom is 0.251 e. The first kappa shape index (κ1) is 18.2. The molecule has 1 heterocycles. The van der Waals surface area contributed by atoms with E-state index in [1.54, 1.807) is 41.3 Å². The minimum absolute atomic E-state index is 0.121. The summed E-state index contributed by atoms with van der Waals surface area (Å²) in [7, 11) is 0. The van der Waals surface area contributed by atoms with Gasteiger partial charge in [0.05, 0.1) is 18.5 Å². The van der Waals surface area contributed by atoms with E-state index < -0.39 is 0 Å². The standard InChI is InChI=1S/C19H18FN3O2S/c20-16-2-1-3-17(10-16)23-13-14(12-22-23)11-21-19(25)15-4-6-18(7-5-15)26-9-8-24/h1-7,10,12-13,24H,8-9,11H2,(H,21,25). The number of halogens is 1. The molecular weight excluding hydrogens is 353 g/mol. The highest BCUT2D eigenvalue weighted by atomic mass is 32.2. The van der Waals surface area contributed by atoms with Gasteiger partial charge in [0.15, 0.2) is 0 Å². The summed E-state index contributed by atoms with van der Waals surface area (Å²) in [5.41, 5.74) is 2.01. The second kappa shape index (κ2) is 8.64. The van der Waals surface area contributed by atoms with E-state index in [-0.39, 0.29) is 18.3 Å². The molecule has 0 aliphatic carbocycles. The Hall–Kier alpha value is -2.64. The van der Waals surface area contributed by atoms with Crippen LogP contribution in [0.3, 0.4) is 0 Å². The molecule has 3 rings (SSSR count). The van der Waals surface area contributed by atoms with E-state index in [0.717, 1.165) is 10.5 Å². The Bertz CT molecular complexity index is 881. The van der Waals surface area contributed by atoms with Crippen molar-refractivity contribution in [1.29, 1.82) is 0 Å². The summed E-state index contributed by atoms with van der Waals surface area (Å²) in [6.07, 6.45) is 3.39. The van der Waals surface area contributed by atoms with Crippen molar-refractivity contribution in [3.8, 4) is 5.69 Å². The summed E-state index contributed by atoms with van der Waals surface area (Å²) < 4.78 is 14.9. The second-order valence-electron chi connectivity index (χ2n) is 5.55. The number of carbonyl (C=O) groups is 1. The summed E-state index contributed by atoms with van der Waals surface area (Å²) in [6, 6.07) is 13.4. The molecule has 3 aromatic rings. The zero-order chi connectivity index (χ0) is 18.4. The van der Waals surface area contributed by atoms with Crippen LogP contribution in [0.4, 0.5) is 4.39 Å². The number of nitrogens with zero attached hydrogens (tertiary/aromatic N) is 2. The molecule has 1 amide bonds. The van der Waals surface area contributed by atoms with Crippen molar-refractivity contribution in [2.24, 2.45) is 0 Å². The van der Waals surface area contributed by atoms with Gasteiger partial charge in [0.25, 0.3) is 5.91 Å². The van der Waals surface area contributed by atoms with Gasteiger partial charge in [-0.3, -0.25) is 4.79 Å². The van der Waals surface area contributed by atoms with Crippen molar-refractivity contribution < 1.29 is 14.3 Å². The molecule has 0 fully saturated rings. The summed E-state index contributed by atoms with van der Waals surface area (Å²) in [5, 5.41) is 15.9. The van der Waals surface area contributed by atoms with Crippen LogP contribution in [0, 0.1) is 5.82 Å². The van der Waals surface area contributed by atoms with Crippen LogP contribution < -0.4 is 5.32 Å². The summed E-state index contributed by atoms with van der Waals surface area (Å²) >= 11 is 1.53. The maximum atomic E-state index is 13.3. The largest absolute Gasteiger partial charge is 0.396 e. The number of rotatable bonds is 7. The van der Waals surface area contributed by atoms with E-state index in [0.29, 0.717) is 23.5 Å². The molecular formula is C19H18FN3O2S. The molecule has 0 atom stereocenters. The average Bonchev–Trinajstić information content (AvgIpc) is 3.14. The number of hydrogen-bond donors (Lipinski definition) is 2. The van der Waals surface area contributed by atoms with Gasteiger partial charge in [-0.2, -0.15) is 5.10 Å². The first-order chi connectivity index (χ1) is 12.7. The Kier molecular flexibility index (Phi) is 6.04. The lowest BCUT2D eigenvalue weighted by molar-refractivity contribution is 0.0951. The van der Waals surface area contributed by atoms with Crippen molar-refractivity contribution in [2.45, 2.75) is 11.4 Å². The molecule has 5 nitrogen and oxygen atoms in total. The Morgan fingerprint density at radius 3 is 2.77 bits per heavy atom. The highest BCUT2D eigenvalue weighted by Crippen LogP contribution is 2.18. The SMILES string of the molecule is O=C(NCc1cnn(-c2cccc(F)c2)c1)c1ccc(SCCO)cc1. The van der Waals surface area contributed by atoms with Crippen LogP contribution >= 0.6 is 11.8 Å². The van der Waals surface area contributed by atoms with Gasteiger partial charge in [0.2, 0.25) is 0 Å². The Balaban J connectivity index is 1.58. The van der Waals surface area contributed by atoms with Crippen LogP contribution in [-0.4, -0.2) is 33.2 Å². The van der Waals surface area contributed by atoms with Crippen molar-refractivity contribution in [3.05, 3.63) is 77.9 Å². The zero-order valence-electron chi connectivity index (χ0n) is 13.9. The van der Waals surface area contributed by atoms with E-state index >= 15 is 0 Å². The normalized spacial score (nSPS) is 10.7. The Morgan fingerprint density at radius 1 is 1.23 bits per heavy atom. The number of carbonyl (C=O) groups excluding carboxylic acids is 1. The molecule has 0 bridgehead atoms. The van der Waals surface area contributed by atoms with Crippen molar-refractivity contribution in [3.63, 3.8) is 0 Å². The molecule has 0 radical (unpaired) electrons. The van der Waals surface area contributed by atoms with Crippen LogP contribution in [0.5, 0.6) is 0 Å². The monoisotopic (exact) mass is 371 g/mol. The lowest BCUT2D eigenvalue weighted by atomic mass is 10.2. The van der Waals surface area contributed by atoms with E-state index in [1.807, 2.05) is 12.1 Å². The summed E-state index contributed by atoms with van der Waals surface area (Å²) in [6.45, 7) is 0.450. The third-order valence-electron chi connectivity index (χ3n) is 3.64. The minimum atomic E-state index is -0.326. The fourth-order valence-electron chi connectivity index (χ4n) is 2.36. The van der Waals surface area contributed by atoms with Crippen LogP contribution in [0.25, 0.3) is 5.69 Å². The fourth-order valence-corrected chi connectivity index (χ4v) is 3.02. The number of hydrogen-bond acceptors (Lipinski definition) is 4. The van der Waals surface area contributed by atoms with E-state index in [4.69, 9.17) is 5.11 Å². The molecule has 134 valence electrons. The molecule has 0 unspecified atom stereocenters. The van der Waals surface area contributed by atoms with Crippen LogP contribution in [0.15, 0.2) is 65.8 Å². The molecule has 0 aliphatic rings. The number of nitrogens with one attached hydrogen (secondary N) is 1. The molecule has 2 aromatic carbocycles. The number of benzene rings is 2. The fraction of sp³-hybridized carbons (Fsp3) is 0.158. The Labute approximate surface area is 154 Å². The molecule has 26 heavy (non-hydrogen) atoms. The minimum Gasteiger partial charge on any atom is -0.396 e. The number of aliphatic hydroxyl groups excluding tert-OH is 1. The van der Waals surface area contributed by atoms with Gasteiger partial charge >= 0.3 is 0 Å². The lowest BCUT2D eigenvalue weighted by Gasteiger charge is -2.05. The number of aromatic nitrogens is 2. The third kappa shape index (κ3) is 4.71. The van der Waals surface area contributed by atoms with Gasteiger partial charge in [0.1, 0.15) is 5.82 Å². The van der Waals surface area contributed by atoms with Crippen LogP contribution in [0.1, 0.15) is 15.9 Å². The predicted molar refractivity (Wildman–Crippen MR) is 98.9 cm³/mol. The van der Waals surface area contributed by atoms with Crippen molar-refractivity contribution >= 4 is 17.7 Å². The van der Waals surface area contributed by atoms with Crippen LogP contribution in [0.2, 0.25) is 0 Å². The highest BCUT2D eigenvalue weighted by molar-refractivity contribution is 7.99. The van der Waals surface area contributed by atoms with E-state index in [2.05, 4.69) is 10.4 Å². The van der Waals surface area contributed by atoms with Gasteiger partial charge in [-0.25, -0.2) is 9.07 Å².